The first-order valence-electron chi connectivity index (χ1n) is 9.84. The average molecular weight is 363 g/mol. The summed E-state index contributed by atoms with van der Waals surface area (Å²) in [7, 11) is 0. The maximum Gasteiger partial charge on any atom is 0.302 e. The summed E-state index contributed by atoms with van der Waals surface area (Å²) in [6.45, 7) is 14.0. The van der Waals surface area contributed by atoms with Crippen LogP contribution >= 0.6 is 0 Å². The van der Waals surface area contributed by atoms with Crippen LogP contribution in [0, 0.1) is 22.2 Å². The Morgan fingerprint density at radius 1 is 1.27 bits per heavy atom. The molecule has 2 N–H and O–H groups in total. The number of aliphatic hydroxyl groups is 2. The molecule has 4 heteroatoms. The van der Waals surface area contributed by atoms with Gasteiger partial charge in [-0.25, -0.2) is 0 Å². The SMILES string of the molecule is C=C[C@]1(C)C=C2[C@@H](O)C[C@H]3C(C)(C)CC[C@@H](OC(C)=O)[C@]3(C)[C@@]2(O)CC1. The molecule has 0 heterocycles. The van der Waals surface area contributed by atoms with Crippen molar-refractivity contribution in [3.63, 3.8) is 0 Å². The van der Waals surface area contributed by atoms with Gasteiger partial charge in [0.1, 0.15) is 6.10 Å². The molecule has 4 nitrogen and oxygen atoms in total. The fourth-order valence-electron chi connectivity index (χ4n) is 6.12. The number of hydrogen-bond donors (Lipinski definition) is 2. The van der Waals surface area contributed by atoms with Crippen molar-refractivity contribution in [1.82, 2.24) is 0 Å². The molecule has 0 aromatic carbocycles. The van der Waals surface area contributed by atoms with Crippen molar-refractivity contribution in [3.8, 4) is 0 Å². The first-order chi connectivity index (χ1) is 11.9. The third kappa shape index (κ3) is 2.60. The zero-order valence-electron chi connectivity index (χ0n) is 16.8. The smallest absolute Gasteiger partial charge is 0.302 e. The van der Waals surface area contributed by atoms with Gasteiger partial charge >= 0.3 is 5.97 Å². The third-order valence-electron chi connectivity index (χ3n) is 7.86. The van der Waals surface area contributed by atoms with E-state index in [1.165, 1.54) is 6.92 Å². The Balaban J connectivity index is 2.17. The van der Waals surface area contributed by atoms with Gasteiger partial charge in [0.05, 0.1) is 11.7 Å². The molecule has 26 heavy (non-hydrogen) atoms. The Hall–Kier alpha value is -1.13. The molecule has 0 radical (unpaired) electrons. The molecule has 146 valence electrons. The van der Waals surface area contributed by atoms with Crippen LogP contribution in [0.5, 0.6) is 0 Å². The monoisotopic (exact) mass is 362 g/mol. The number of carbonyl (C=O) groups excluding carboxylic acids is 1. The van der Waals surface area contributed by atoms with Crippen molar-refractivity contribution in [2.24, 2.45) is 22.2 Å². The molecule has 0 aromatic rings. The maximum atomic E-state index is 12.0. The van der Waals surface area contributed by atoms with Gasteiger partial charge in [-0.05, 0) is 49.0 Å². The lowest BCUT2D eigenvalue weighted by atomic mass is 9.42. The minimum absolute atomic E-state index is 0.0349. The van der Waals surface area contributed by atoms with Crippen molar-refractivity contribution in [3.05, 3.63) is 24.3 Å². The molecule has 3 rings (SSSR count). The second-order valence-electron chi connectivity index (χ2n) is 9.88. The molecule has 0 aromatic heterocycles. The zero-order chi connectivity index (χ0) is 19.5. The van der Waals surface area contributed by atoms with Crippen LogP contribution in [0.15, 0.2) is 24.3 Å². The van der Waals surface area contributed by atoms with Crippen molar-refractivity contribution >= 4 is 5.97 Å². The Kier molecular flexibility index (Phi) is 4.48. The van der Waals surface area contributed by atoms with Crippen molar-refractivity contribution in [1.29, 1.82) is 0 Å². The van der Waals surface area contributed by atoms with E-state index in [1.807, 2.05) is 12.2 Å². The Labute approximate surface area is 157 Å². The van der Waals surface area contributed by atoms with Gasteiger partial charge in [-0.15, -0.1) is 6.58 Å². The van der Waals surface area contributed by atoms with Crippen LogP contribution in [-0.4, -0.2) is 34.0 Å². The number of fused-ring (bicyclic) bond motifs is 3. The van der Waals surface area contributed by atoms with E-state index >= 15 is 0 Å². The lowest BCUT2D eigenvalue weighted by molar-refractivity contribution is -0.236. The molecule has 6 atom stereocenters. The summed E-state index contributed by atoms with van der Waals surface area (Å²) < 4.78 is 5.76. The molecule has 0 amide bonds. The molecule has 2 saturated carbocycles. The van der Waals surface area contributed by atoms with Crippen LogP contribution in [0.4, 0.5) is 0 Å². The first kappa shape index (κ1) is 19.6. The first-order valence-corrected chi connectivity index (χ1v) is 9.84. The second-order valence-corrected chi connectivity index (χ2v) is 9.88. The number of rotatable bonds is 2. The van der Waals surface area contributed by atoms with Gasteiger partial charge in [0.2, 0.25) is 0 Å². The Morgan fingerprint density at radius 2 is 1.92 bits per heavy atom. The summed E-state index contributed by atoms with van der Waals surface area (Å²) in [6.07, 6.45) is 6.44. The summed E-state index contributed by atoms with van der Waals surface area (Å²) >= 11 is 0. The summed E-state index contributed by atoms with van der Waals surface area (Å²) in [6, 6.07) is 0. The van der Waals surface area contributed by atoms with E-state index in [-0.39, 0.29) is 28.8 Å². The van der Waals surface area contributed by atoms with E-state index in [4.69, 9.17) is 4.74 Å². The highest BCUT2D eigenvalue weighted by molar-refractivity contribution is 5.66. The topological polar surface area (TPSA) is 66.8 Å². The lowest BCUT2D eigenvalue weighted by Crippen LogP contribution is -2.69. The Bertz CT molecular complexity index is 651. The third-order valence-corrected chi connectivity index (χ3v) is 7.86. The fourth-order valence-corrected chi connectivity index (χ4v) is 6.12. The molecule has 0 spiro atoms. The van der Waals surface area contributed by atoms with Crippen molar-refractivity contribution in [2.75, 3.05) is 0 Å². The number of aliphatic hydroxyl groups excluding tert-OH is 1. The fraction of sp³-hybridized carbons (Fsp3) is 0.773. The van der Waals surface area contributed by atoms with Gasteiger partial charge in [0.25, 0.3) is 0 Å². The highest BCUT2D eigenvalue weighted by Gasteiger charge is 2.68. The molecule has 0 aliphatic heterocycles. The minimum Gasteiger partial charge on any atom is -0.462 e. The number of esters is 1. The van der Waals surface area contributed by atoms with E-state index in [2.05, 4.69) is 34.3 Å². The Morgan fingerprint density at radius 3 is 2.50 bits per heavy atom. The number of ether oxygens (including phenoxy) is 1. The molecule has 0 bridgehead atoms. The lowest BCUT2D eigenvalue weighted by Gasteiger charge is -2.65. The largest absolute Gasteiger partial charge is 0.462 e. The zero-order valence-corrected chi connectivity index (χ0v) is 16.8. The molecule has 2 fully saturated rings. The average Bonchev–Trinajstić information content (AvgIpc) is 2.55. The van der Waals surface area contributed by atoms with Crippen molar-refractivity contribution < 1.29 is 19.7 Å². The number of allylic oxidation sites excluding steroid dienone is 2. The normalized spacial score (nSPS) is 47.2. The summed E-state index contributed by atoms with van der Waals surface area (Å²) in [5.74, 6) is -0.236. The summed E-state index contributed by atoms with van der Waals surface area (Å²) in [5, 5.41) is 23.0. The van der Waals surface area contributed by atoms with Crippen molar-refractivity contribution in [2.45, 2.75) is 84.5 Å². The van der Waals surface area contributed by atoms with E-state index in [0.717, 1.165) is 19.3 Å². The van der Waals surface area contributed by atoms with Crippen LogP contribution in [-0.2, 0) is 9.53 Å². The molecular formula is C22H34O4. The highest BCUT2D eigenvalue weighted by atomic mass is 16.5. The molecule has 3 aliphatic rings. The molecular weight excluding hydrogens is 328 g/mol. The van der Waals surface area contributed by atoms with Gasteiger partial charge in [-0.2, -0.15) is 0 Å². The summed E-state index contributed by atoms with van der Waals surface area (Å²) in [5.41, 5.74) is -1.36. The second kappa shape index (κ2) is 5.93. The van der Waals surface area contributed by atoms with E-state index in [1.54, 1.807) is 0 Å². The number of hydrogen-bond acceptors (Lipinski definition) is 4. The highest BCUT2D eigenvalue weighted by Crippen LogP contribution is 2.66. The van der Waals surface area contributed by atoms with E-state index in [0.29, 0.717) is 18.4 Å². The maximum absolute atomic E-state index is 12.0. The van der Waals surface area contributed by atoms with E-state index < -0.39 is 17.1 Å². The molecule has 0 unspecified atom stereocenters. The summed E-state index contributed by atoms with van der Waals surface area (Å²) in [4.78, 5) is 11.8. The molecule has 3 aliphatic carbocycles. The van der Waals surface area contributed by atoms with E-state index in [9.17, 15) is 15.0 Å². The van der Waals surface area contributed by atoms with Crippen LogP contribution in [0.1, 0.15) is 66.7 Å². The van der Waals surface area contributed by atoms with Gasteiger partial charge < -0.3 is 14.9 Å². The number of carbonyl (C=O) groups is 1. The predicted octanol–water partition coefficient (Wildman–Crippen LogP) is 3.77. The minimum atomic E-state index is -1.17. The van der Waals surface area contributed by atoms with Gasteiger partial charge in [0, 0.05) is 17.8 Å². The quantitative estimate of drug-likeness (QED) is 0.580. The van der Waals surface area contributed by atoms with Crippen LogP contribution in [0.3, 0.4) is 0 Å². The van der Waals surface area contributed by atoms with Gasteiger partial charge in [-0.1, -0.05) is 39.8 Å². The van der Waals surface area contributed by atoms with Crippen LogP contribution < -0.4 is 0 Å². The van der Waals surface area contributed by atoms with Gasteiger partial charge in [0.15, 0.2) is 0 Å². The standard InChI is InChI=1S/C22H34O4/c1-7-20(5)10-11-22(25)15(13-20)16(24)12-17-19(3,4)9-8-18(21(17,22)6)26-14(2)23/h7,13,16-18,24-25H,1,8-12H2,2-6H3/t16-,17-,18+,20-,21+,22+/m0/s1. The molecule has 0 saturated heterocycles. The van der Waals surface area contributed by atoms with Crippen LogP contribution in [0.25, 0.3) is 0 Å². The van der Waals surface area contributed by atoms with Crippen LogP contribution in [0.2, 0.25) is 0 Å². The van der Waals surface area contributed by atoms with Gasteiger partial charge in [-0.3, -0.25) is 4.79 Å². The predicted molar refractivity (Wildman–Crippen MR) is 101 cm³/mol.